The summed E-state index contributed by atoms with van der Waals surface area (Å²) in [5, 5.41) is 3.33. The van der Waals surface area contributed by atoms with Crippen molar-refractivity contribution >= 4 is 27.0 Å². The molecule has 0 fully saturated rings. The van der Waals surface area contributed by atoms with Crippen molar-refractivity contribution in [1.82, 2.24) is 5.16 Å². The van der Waals surface area contributed by atoms with Crippen LogP contribution in [0.1, 0.15) is 10.6 Å². The molecule has 0 atom stereocenters. The Morgan fingerprint density at radius 1 is 1.19 bits per heavy atom. The zero-order valence-electron chi connectivity index (χ0n) is 13.0. The number of nitrogens with one attached hydrogen (secondary N) is 1. The second kappa shape index (κ2) is 6.40. The van der Waals surface area contributed by atoms with Gasteiger partial charge in [-0.3, -0.25) is 4.72 Å². The number of rotatable bonds is 4. The number of aromatic nitrogens is 1. The van der Waals surface area contributed by atoms with E-state index < -0.39 is 27.8 Å². The number of aryl methyl sites for hydroxylation is 1. The largest absolute Gasteiger partial charge is 0.452 e. The lowest BCUT2D eigenvalue weighted by molar-refractivity contribution is -0.155. The van der Waals surface area contributed by atoms with Gasteiger partial charge < -0.3 is 4.52 Å². The fourth-order valence-electron chi connectivity index (χ4n) is 2.13. The van der Waals surface area contributed by atoms with Crippen molar-refractivity contribution in [1.29, 1.82) is 0 Å². The number of nitrogens with zero attached hydrogens (tertiary/aromatic N) is 1. The SMILES string of the molecule is Cc1sc(-c2cc(C(F)(F)F)on2)cc1S(=O)(=O)Nc1ccccc1F. The average molecular weight is 406 g/mol. The monoisotopic (exact) mass is 406 g/mol. The first-order valence-corrected chi connectivity index (χ1v) is 9.30. The van der Waals surface area contributed by atoms with Gasteiger partial charge in [-0.25, -0.2) is 12.8 Å². The van der Waals surface area contributed by atoms with Gasteiger partial charge in [-0.15, -0.1) is 11.3 Å². The van der Waals surface area contributed by atoms with Gasteiger partial charge in [-0.1, -0.05) is 17.3 Å². The first-order chi connectivity index (χ1) is 12.1. The van der Waals surface area contributed by atoms with Crippen LogP contribution in [-0.4, -0.2) is 13.6 Å². The third-order valence-electron chi connectivity index (χ3n) is 3.32. The normalized spacial score (nSPS) is 12.3. The Labute approximate surface area is 149 Å². The number of halogens is 4. The first-order valence-electron chi connectivity index (χ1n) is 7.00. The molecule has 0 radical (unpaired) electrons. The van der Waals surface area contributed by atoms with Crippen molar-refractivity contribution in [2.75, 3.05) is 4.72 Å². The summed E-state index contributed by atoms with van der Waals surface area (Å²) < 4.78 is 82.8. The Morgan fingerprint density at radius 3 is 2.50 bits per heavy atom. The van der Waals surface area contributed by atoms with E-state index in [2.05, 4.69) is 14.4 Å². The van der Waals surface area contributed by atoms with Gasteiger partial charge in [0.25, 0.3) is 10.0 Å². The van der Waals surface area contributed by atoms with E-state index in [9.17, 15) is 26.0 Å². The molecule has 0 aliphatic heterocycles. The lowest BCUT2D eigenvalue weighted by Crippen LogP contribution is -2.14. The van der Waals surface area contributed by atoms with Crippen LogP contribution >= 0.6 is 11.3 Å². The van der Waals surface area contributed by atoms with Gasteiger partial charge in [0.05, 0.1) is 10.6 Å². The lowest BCUT2D eigenvalue weighted by Gasteiger charge is -2.08. The van der Waals surface area contributed by atoms with E-state index in [1.807, 2.05) is 0 Å². The van der Waals surface area contributed by atoms with E-state index in [1.165, 1.54) is 31.2 Å². The van der Waals surface area contributed by atoms with Gasteiger partial charge in [0.2, 0.25) is 5.76 Å². The van der Waals surface area contributed by atoms with Gasteiger partial charge in [0.1, 0.15) is 16.4 Å². The molecule has 1 aromatic carbocycles. The zero-order valence-corrected chi connectivity index (χ0v) is 14.6. The molecule has 0 amide bonds. The summed E-state index contributed by atoms with van der Waals surface area (Å²) in [5.41, 5.74) is -0.377. The zero-order chi connectivity index (χ0) is 19.1. The molecule has 0 saturated heterocycles. The highest BCUT2D eigenvalue weighted by Crippen LogP contribution is 2.37. The van der Waals surface area contributed by atoms with Crippen molar-refractivity contribution in [2.45, 2.75) is 18.0 Å². The predicted molar refractivity (Wildman–Crippen MR) is 86.8 cm³/mol. The molecular formula is C15H10F4N2O3S2. The summed E-state index contributed by atoms with van der Waals surface area (Å²) in [6.07, 6.45) is -4.70. The smallest absolute Gasteiger partial charge is 0.351 e. The third kappa shape index (κ3) is 3.58. The number of anilines is 1. The fourth-order valence-corrected chi connectivity index (χ4v) is 4.74. The van der Waals surface area contributed by atoms with E-state index in [4.69, 9.17) is 0 Å². The van der Waals surface area contributed by atoms with Crippen LogP contribution in [-0.2, 0) is 16.2 Å². The molecule has 0 aliphatic rings. The van der Waals surface area contributed by atoms with Crippen LogP contribution in [0.3, 0.4) is 0 Å². The lowest BCUT2D eigenvalue weighted by atomic mass is 10.3. The Hall–Kier alpha value is -2.40. The van der Waals surface area contributed by atoms with Crippen LogP contribution in [0.2, 0.25) is 0 Å². The number of sulfonamides is 1. The number of benzene rings is 1. The standard InChI is InChI=1S/C15H10F4N2O3S2/c1-8-13(26(22,23)21-10-5-3-2-4-9(10)16)7-12(25-8)11-6-14(24-20-11)15(17,18)19/h2-7,21H,1H3. The maximum Gasteiger partial charge on any atom is 0.452 e. The molecule has 0 bridgehead atoms. The average Bonchev–Trinajstić information content (AvgIpc) is 3.15. The molecule has 2 heterocycles. The molecule has 0 unspecified atom stereocenters. The van der Waals surface area contributed by atoms with Crippen LogP contribution in [0.25, 0.3) is 10.6 Å². The first kappa shape index (κ1) is 18.4. The highest BCUT2D eigenvalue weighted by molar-refractivity contribution is 7.93. The number of alkyl halides is 3. The van der Waals surface area contributed by atoms with Crippen LogP contribution in [0.4, 0.5) is 23.2 Å². The Bertz CT molecular complexity index is 1060. The predicted octanol–water partition coefficient (Wildman–Crippen LogP) is 4.67. The maximum atomic E-state index is 13.7. The minimum Gasteiger partial charge on any atom is -0.351 e. The Kier molecular flexibility index (Phi) is 4.53. The number of thiophene rings is 1. The molecule has 3 rings (SSSR count). The van der Waals surface area contributed by atoms with E-state index in [1.54, 1.807) is 0 Å². The summed E-state index contributed by atoms with van der Waals surface area (Å²) in [5.74, 6) is -2.04. The van der Waals surface area contributed by atoms with Gasteiger partial charge in [0, 0.05) is 10.9 Å². The molecule has 0 spiro atoms. The van der Waals surface area contributed by atoms with Crippen molar-refractivity contribution in [2.24, 2.45) is 0 Å². The molecule has 5 nitrogen and oxygen atoms in total. The van der Waals surface area contributed by atoms with Crippen LogP contribution in [0.5, 0.6) is 0 Å². The second-order valence-corrected chi connectivity index (χ2v) is 8.10. The van der Waals surface area contributed by atoms with Crippen LogP contribution in [0, 0.1) is 12.7 Å². The molecule has 0 saturated carbocycles. The quantitative estimate of drug-likeness (QED) is 0.639. The number of hydrogen-bond donors (Lipinski definition) is 1. The highest BCUT2D eigenvalue weighted by Gasteiger charge is 2.36. The molecule has 1 N–H and O–H groups in total. The van der Waals surface area contributed by atoms with E-state index in [0.717, 1.165) is 17.4 Å². The molecule has 3 aromatic rings. The topological polar surface area (TPSA) is 72.2 Å². The van der Waals surface area contributed by atoms with Gasteiger partial charge in [0.15, 0.2) is 0 Å². The maximum absolute atomic E-state index is 13.7. The van der Waals surface area contributed by atoms with Crippen molar-refractivity contribution in [3.63, 3.8) is 0 Å². The van der Waals surface area contributed by atoms with Gasteiger partial charge in [-0.05, 0) is 25.1 Å². The summed E-state index contributed by atoms with van der Waals surface area (Å²) in [6.45, 7) is 1.48. The summed E-state index contributed by atoms with van der Waals surface area (Å²) >= 11 is 0.930. The molecule has 26 heavy (non-hydrogen) atoms. The van der Waals surface area contributed by atoms with Crippen LogP contribution in [0.15, 0.2) is 45.8 Å². The fraction of sp³-hybridized carbons (Fsp3) is 0.133. The van der Waals surface area contributed by atoms with E-state index in [-0.39, 0.29) is 21.2 Å². The number of para-hydroxylation sites is 1. The van der Waals surface area contributed by atoms with Crippen LogP contribution < -0.4 is 4.72 Å². The number of hydrogen-bond acceptors (Lipinski definition) is 5. The van der Waals surface area contributed by atoms with Gasteiger partial charge >= 0.3 is 6.18 Å². The van der Waals surface area contributed by atoms with Gasteiger partial charge in [-0.2, -0.15) is 13.2 Å². The summed E-state index contributed by atoms with van der Waals surface area (Å²) in [7, 11) is -4.14. The van der Waals surface area contributed by atoms with E-state index >= 15 is 0 Å². The molecule has 138 valence electrons. The van der Waals surface area contributed by atoms with Crippen molar-refractivity contribution in [3.8, 4) is 10.6 Å². The second-order valence-electron chi connectivity index (χ2n) is 5.19. The minimum atomic E-state index is -4.70. The molecular weight excluding hydrogens is 396 g/mol. The van der Waals surface area contributed by atoms with Crippen molar-refractivity contribution < 1.29 is 30.5 Å². The third-order valence-corrected chi connectivity index (χ3v) is 6.02. The highest BCUT2D eigenvalue weighted by atomic mass is 32.2. The van der Waals surface area contributed by atoms with E-state index in [0.29, 0.717) is 10.9 Å². The van der Waals surface area contributed by atoms with Crippen molar-refractivity contribution in [3.05, 3.63) is 52.9 Å². The molecule has 11 heteroatoms. The summed E-state index contributed by atoms with van der Waals surface area (Å²) in [6, 6.07) is 7.07. The Balaban J connectivity index is 1.95. The minimum absolute atomic E-state index is 0.141. The molecule has 2 aromatic heterocycles. The summed E-state index contributed by atoms with van der Waals surface area (Å²) in [4.78, 5) is 0.299. The molecule has 0 aliphatic carbocycles. The Morgan fingerprint density at radius 2 is 1.88 bits per heavy atom.